The van der Waals surface area contributed by atoms with E-state index in [2.05, 4.69) is 28.4 Å². The number of hydrogen-bond donors (Lipinski definition) is 2. The van der Waals surface area contributed by atoms with Crippen LogP contribution >= 0.6 is 0 Å². The number of benzene rings is 1. The number of nitrogens with one attached hydrogen (secondary N) is 1. The average molecular weight is 284 g/mol. The van der Waals surface area contributed by atoms with Gasteiger partial charge in [0.25, 0.3) is 0 Å². The van der Waals surface area contributed by atoms with E-state index < -0.39 is 0 Å². The van der Waals surface area contributed by atoms with Gasteiger partial charge in [-0.05, 0) is 36.3 Å². The van der Waals surface area contributed by atoms with E-state index in [1.165, 1.54) is 37.7 Å². The highest BCUT2D eigenvalue weighted by molar-refractivity contribution is 5.78. The summed E-state index contributed by atoms with van der Waals surface area (Å²) in [5, 5.41) is 0. The molecule has 1 aliphatic carbocycles. The van der Waals surface area contributed by atoms with Gasteiger partial charge in [-0.25, -0.2) is 0 Å². The summed E-state index contributed by atoms with van der Waals surface area (Å²) in [5.74, 6) is 7.38. The van der Waals surface area contributed by atoms with Gasteiger partial charge in [0, 0.05) is 12.4 Å². The molecule has 0 amide bonds. The van der Waals surface area contributed by atoms with E-state index in [1.807, 2.05) is 12.1 Å². The highest BCUT2D eigenvalue weighted by atomic mass is 15.2. The summed E-state index contributed by atoms with van der Waals surface area (Å²) in [5.41, 5.74) is 6.14. The summed E-state index contributed by atoms with van der Waals surface area (Å²) in [7, 11) is 0. The molecule has 0 bridgehead atoms. The molecule has 2 aromatic rings. The molecule has 1 aliphatic rings. The lowest BCUT2D eigenvalue weighted by Gasteiger charge is -2.33. The molecule has 4 nitrogen and oxygen atoms in total. The van der Waals surface area contributed by atoms with Gasteiger partial charge in [0.15, 0.2) is 0 Å². The van der Waals surface area contributed by atoms with E-state index in [0.29, 0.717) is 5.92 Å². The van der Waals surface area contributed by atoms with Gasteiger partial charge in [-0.3, -0.25) is 21.2 Å². The summed E-state index contributed by atoms with van der Waals surface area (Å²) < 4.78 is 0. The van der Waals surface area contributed by atoms with Gasteiger partial charge in [0.1, 0.15) is 0 Å². The Kier molecular flexibility index (Phi) is 4.46. The Labute approximate surface area is 126 Å². The van der Waals surface area contributed by atoms with Crippen LogP contribution in [0.1, 0.15) is 50.6 Å². The minimum absolute atomic E-state index is 0.170. The summed E-state index contributed by atoms with van der Waals surface area (Å²) in [4.78, 5) is 8.92. The van der Waals surface area contributed by atoms with Crippen molar-refractivity contribution in [2.24, 2.45) is 17.7 Å². The summed E-state index contributed by atoms with van der Waals surface area (Å²) >= 11 is 0. The quantitative estimate of drug-likeness (QED) is 0.667. The van der Waals surface area contributed by atoms with Crippen molar-refractivity contribution in [1.29, 1.82) is 0 Å². The first kappa shape index (κ1) is 14.4. The Bertz CT molecular complexity index is 585. The first-order chi connectivity index (χ1) is 10.3. The molecule has 4 heteroatoms. The fourth-order valence-corrected chi connectivity index (χ4v) is 3.68. The van der Waals surface area contributed by atoms with Crippen molar-refractivity contribution in [1.82, 2.24) is 15.4 Å². The first-order valence-corrected chi connectivity index (χ1v) is 7.99. The standard InChI is InChI=1S/C17H24N4/c1-2-12-6-8-13(9-7-12)16(21-18)14-4-3-5-15-17(14)20-11-10-19-15/h3-5,10-13,16,21H,2,6-9,18H2,1H3. The molecule has 3 N–H and O–H groups in total. The Morgan fingerprint density at radius 1 is 1.19 bits per heavy atom. The minimum Gasteiger partial charge on any atom is -0.271 e. The zero-order chi connectivity index (χ0) is 14.7. The predicted molar refractivity (Wildman–Crippen MR) is 85.3 cm³/mol. The Morgan fingerprint density at radius 2 is 1.95 bits per heavy atom. The van der Waals surface area contributed by atoms with E-state index >= 15 is 0 Å². The van der Waals surface area contributed by atoms with Crippen LogP contribution in [0.5, 0.6) is 0 Å². The third kappa shape index (κ3) is 2.92. The Balaban J connectivity index is 1.88. The molecule has 1 unspecified atom stereocenters. The van der Waals surface area contributed by atoms with Gasteiger partial charge in [0.2, 0.25) is 0 Å². The van der Waals surface area contributed by atoms with E-state index in [9.17, 15) is 0 Å². The summed E-state index contributed by atoms with van der Waals surface area (Å²) in [6.07, 6.45) is 9.91. The van der Waals surface area contributed by atoms with Crippen LogP contribution < -0.4 is 11.3 Å². The van der Waals surface area contributed by atoms with Gasteiger partial charge in [-0.1, -0.05) is 38.3 Å². The molecule has 112 valence electrons. The van der Waals surface area contributed by atoms with Crippen molar-refractivity contribution in [3.63, 3.8) is 0 Å². The van der Waals surface area contributed by atoms with Crippen LogP contribution in [0, 0.1) is 11.8 Å². The van der Waals surface area contributed by atoms with Gasteiger partial charge in [-0.2, -0.15) is 0 Å². The highest BCUT2D eigenvalue weighted by Crippen LogP contribution is 2.38. The fourth-order valence-electron chi connectivity index (χ4n) is 3.68. The first-order valence-electron chi connectivity index (χ1n) is 7.99. The maximum Gasteiger partial charge on any atom is 0.0935 e. The molecule has 21 heavy (non-hydrogen) atoms. The van der Waals surface area contributed by atoms with Gasteiger partial charge in [-0.15, -0.1) is 0 Å². The number of rotatable bonds is 4. The second-order valence-corrected chi connectivity index (χ2v) is 6.10. The number of nitrogens with two attached hydrogens (primary N) is 1. The van der Waals surface area contributed by atoms with Crippen molar-refractivity contribution in [2.75, 3.05) is 0 Å². The zero-order valence-corrected chi connectivity index (χ0v) is 12.6. The van der Waals surface area contributed by atoms with Crippen molar-refractivity contribution >= 4 is 11.0 Å². The van der Waals surface area contributed by atoms with Crippen LogP contribution in [0.3, 0.4) is 0 Å². The van der Waals surface area contributed by atoms with E-state index in [4.69, 9.17) is 5.84 Å². The number of aromatic nitrogens is 2. The molecule has 0 spiro atoms. The number of fused-ring (bicyclic) bond motifs is 1. The molecule has 1 aromatic carbocycles. The molecule has 3 rings (SSSR count). The molecule has 1 aromatic heterocycles. The van der Waals surface area contributed by atoms with Crippen molar-refractivity contribution in [2.45, 2.75) is 45.1 Å². The lowest BCUT2D eigenvalue weighted by molar-refractivity contribution is 0.220. The smallest absolute Gasteiger partial charge is 0.0935 e. The summed E-state index contributed by atoms with van der Waals surface area (Å²) in [6, 6.07) is 6.36. The van der Waals surface area contributed by atoms with Crippen LogP contribution in [-0.2, 0) is 0 Å². The molecular weight excluding hydrogens is 260 g/mol. The minimum atomic E-state index is 0.170. The predicted octanol–water partition coefficient (Wildman–Crippen LogP) is 3.35. The zero-order valence-electron chi connectivity index (χ0n) is 12.6. The van der Waals surface area contributed by atoms with Gasteiger partial charge < -0.3 is 0 Å². The Hall–Kier alpha value is -1.52. The SMILES string of the molecule is CCC1CCC(C(NN)c2cccc3nccnc23)CC1. The lowest BCUT2D eigenvalue weighted by Crippen LogP contribution is -2.35. The average Bonchev–Trinajstić information content (AvgIpc) is 2.56. The van der Waals surface area contributed by atoms with Crippen molar-refractivity contribution in [3.8, 4) is 0 Å². The maximum absolute atomic E-state index is 5.90. The summed E-state index contributed by atoms with van der Waals surface area (Å²) in [6.45, 7) is 2.30. The van der Waals surface area contributed by atoms with Crippen LogP contribution in [0.2, 0.25) is 0 Å². The molecular formula is C17H24N4. The third-order valence-electron chi connectivity index (χ3n) is 4.98. The van der Waals surface area contributed by atoms with Crippen LogP contribution in [-0.4, -0.2) is 9.97 Å². The van der Waals surface area contributed by atoms with Crippen LogP contribution in [0.4, 0.5) is 0 Å². The topological polar surface area (TPSA) is 63.8 Å². The normalized spacial score (nSPS) is 24.1. The Morgan fingerprint density at radius 3 is 2.67 bits per heavy atom. The molecule has 0 radical (unpaired) electrons. The van der Waals surface area contributed by atoms with Crippen molar-refractivity contribution < 1.29 is 0 Å². The van der Waals surface area contributed by atoms with Crippen molar-refractivity contribution in [3.05, 3.63) is 36.2 Å². The second-order valence-electron chi connectivity index (χ2n) is 6.10. The number of para-hydroxylation sites is 1. The van der Waals surface area contributed by atoms with E-state index in [-0.39, 0.29) is 6.04 Å². The van der Waals surface area contributed by atoms with Crippen LogP contribution in [0.15, 0.2) is 30.6 Å². The molecule has 1 saturated carbocycles. The van der Waals surface area contributed by atoms with E-state index in [0.717, 1.165) is 17.0 Å². The van der Waals surface area contributed by atoms with E-state index in [1.54, 1.807) is 12.4 Å². The molecule has 1 atom stereocenters. The van der Waals surface area contributed by atoms with Gasteiger partial charge in [0.05, 0.1) is 17.1 Å². The largest absolute Gasteiger partial charge is 0.271 e. The molecule has 1 fully saturated rings. The fraction of sp³-hybridized carbons (Fsp3) is 0.529. The maximum atomic E-state index is 5.90. The number of nitrogens with zero attached hydrogens (tertiary/aromatic N) is 2. The number of hydrazine groups is 1. The van der Waals surface area contributed by atoms with Gasteiger partial charge >= 0.3 is 0 Å². The highest BCUT2D eigenvalue weighted by Gasteiger charge is 2.28. The number of hydrogen-bond acceptors (Lipinski definition) is 4. The van der Waals surface area contributed by atoms with Crippen LogP contribution in [0.25, 0.3) is 11.0 Å². The molecule has 0 aliphatic heterocycles. The third-order valence-corrected chi connectivity index (χ3v) is 4.98. The molecule has 1 heterocycles. The lowest BCUT2D eigenvalue weighted by atomic mass is 9.76. The molecule has 0 saturated heterocycles. The monoisotopic (exact) mass is 284 g/mol. The second kappa shape index (κ2) is 6.50.